The van der Waals surface area contributed by atoms with Crippen LogP contribution >= 0.6 is 0 Å². The van der Waals surface area contributed by atoms with Crippen LogP contribution in [0.1, 0.15) is 25.0 Å². The second-order valence-electron chi connectivity index (χ2n) is 5.55. The van der Waals surface area contributed by atoms with Gasteiger partial charge < -0.3 is 16.4 Å². The van der Waals surface area contributed by atoms with E-state index in [1.54, 1.807) is 13.8 Å². The second-order valence-corrected chi connectivity index (χ2v) is 5.55. The molecule has 0 spiro atoms. The average Bonchev–Trinajstić information content (AvgIpc) is 2.35. The van der Waals surface area contributed by atoms with Crippen molar-refractivity contribution in [1.82, 2.24) is 4.90 Å². The Kier molecular flexibility index (Phi) is 3.32. The van der Waals surface area contributed by atoms with Gasteiger partial charge in [0.15, 0.2) is 0 Å². The predicted octanol–water partition coefficient (Wildman–Crippen LogP) is 0.162. The van der Waals surface area contributed by atoms with Gasteiger partial charge in [-0.3, -0.25) is 9.59 Å². The van der Waals surface area contributed by atoms with Crippen molar-refractivity contribution in [3.8, 4) is 0 Å². The van der Waals surface area contributed by atoms with Crippen molar-refractivity contribution >= 4 is 11.8 Å². The van der Waals surface area contributed by atoms with E-state index < -0.39 is 17.5 Å². The molecule has 19 heavy (non-hydrogen) atoms. The molecule has 0 radical (unpaired) electrons. The van der Waals surface area contributed by atoms with E-state index in [9.17, 15) is 9.59 Å². The van der Waals surface area contributed by atoms with Gasteiger partial charge in [-0.15, -0.1) is 0 Å². The minimum Gasteiger partial charge on any atom is -0.368 e. The summed E-state index contributed by atoms with van der Waals surface area (Å²) in [7, 11) is 0. The number of amides is 2. The Morgan fingerprint density at radius 3 is 2.37 bits per heavy atom. The molecular formula is C14H19N3O2. The fraction of sp³-hybridized carbons (Fsp3) is 0.429. The van der Waals surface area contributed by atoms with Gasteiger partial charge in [0.25, 0.3) is 0 Å². The molecule has 1 atom stereocenters. The Morgan fingerprint density at radius 2 is 1.84 bits per heavy atom. The van der Waals surface area contributed by atoms with Crippen LogP contribution in [0.25, 0.3) is 0 Å². The van der Waals surface area contributed by atoms with Crippen molar-refractivity contribution in [3.05, 3.63) is 35.4 Å². The fourth-order valence-corrected chi connectivity index (χ4v) is 2.36. The molecule has 1 aliphatic heterocycles. The molecule has 0 fully saturated rings. The van der Waals surface area contributed by atoms with Gasteiger partial charge in [-0.05, 0) is 25.0 Å². The minimum absolute atomic E-state index is 0.259. The number of carbonyl (C=O) groups is 2. The maximum absolute atomic E-state index is 12.3. The molecule has 5 nitrogen and oxygen atoms in total. The highest BCUT2D eigenvalue weighted by atomic mass is 16.2. The third-order valence-corrected chi connectivity index (χ3v) is 3.39. The smallest absolute Gasteiger partial charge is 0.243 e. The first-order valence-corrected chi connectivity index (χ1v) is 6.27. The van der Waals surface area contributed by atoms with Gasteiger partial charge in [0, 0.05) is 13.0 Å². The summed E-state index contributed by atoms with van der Waals surface area (Å²) in [5, 5.41) is 0. The molecule has 0 unspecified atom stereocenters. The molecular weight excluding hydrogens is 242 g/mol. The molecule has 1 heterocycles. The van der Waals surface area contributed by atoms with Gasteiger partial charge >= 0.3 is 0 Å². The molecule has 4 N–H and O–H groups in total. The van der Waals surface area contributed by atoms with Crippen LogP contribution < -0.4 is 11.5 Å². The van der Waals surface area contributed by atoms with Crippen LogP contribution in [0.4, 0.5) is 0 Å². The van der Waals surface area contributed by atoms with Crippen molar-refractivity contribution < 1.29 is 9.59 Å². The van der Waals surface area contributed by atoms with Gasteiger partial charge in [0.2, 0.25) is 11.8 Å². The van der Waals surface area contributed by atoms with Gasteiger partial charge in [0.05, 0.1) is 5.54 Å². The Labute approximate surface area is 112 Å². The first-order chi connectivity index (χ1) is 8.80. The van der Waals surface area contributed by atoms with Crippen molar-refractivity contribution in [2.24, 2.45) is 11.5 Å². The number of nitrogens with two attached hydrogens (primary N) is 2. The van der Waals surface area contributed by atoms with Crippen LogP contribution in [0, 0.1) is 0 Å². The van der Waals surface area contributed by atoms with Crippen LogP contribution in [-0.4, -0.2) is 28.3 Å². The topological polar surface area (TPSA) is 89.4 Å². The highest BCUT2D eigenvalue weighted by Crippen LogP contribution is 2.25. The number of nitrogens with zero attached hydrogens (tertiary/aromatic N) is 1. The molecule has 0 bridgehead atoms. The number of fused-ring (bicyclic) bond motifs is 1. The predicted molar refractivity (Wildman–Crippen MR) is 71.9 cm³/mol. The lowest BCUT2D eigenvalue weighted by molar-refractivity contribution is -0.144. The van der Waals surface area contributed by atoms with Crippen LogP contribution in [-0.2, 0) is 22.6 Å². The number of benzene rings is 1. The van der Waals surface area contributed by atoms with E-state index in [1.165, 1.54) is 4.90 Å². The summed E-state index contributed by atoms with van der Waals surface area (Å²) in [6, 6.07) is 7.13. The molecule has 2 rings (SSSR count). The summed E-state index contributed by atoms with van der Waals surface area (Å²) in [5.41, 5.74) is 12.4. The minimum atomic E-state index is -1.01. The van der Waals surface area contributed by atoms with E-state index in [4.69, 9.17) is 11.5 Å². The molecule has 102 valence electrons. The first-order valence-electron chi connectivity index (χ1n) is 6.27. The molecule has 1 aliphatic rings. The highest BCUT2D eigenvalue weighted by molar-refractivity contribution is 5.91. The zero-order chi connectivity index (χ0) is 14.2. The lowest BCUT2D eigenvalue weighted by Crippen LogP contribution is -2.58. The van der Waals surface area contributed by atoms with Gasteiger partial charge in [0.1, 0.15) is 6.04 Å². The zero-order valence-corrected chi connectivity index (χ0v) is 11.2. The van der Waals surface area contributed by atoms with Crippen molar-refractivity contribution in [1.29, 1.82) is 0 Å². The van der Waals surface area contributed by atoms with Crippen molar-refractivity contribution in [2.75, 3.05) is 0 Å². The van der Waals surface area contributed by atoms with E-state index in [0.29, 0.717) is 13.0 Å². The highest BCUT2D eigenvalue weighted by Gasteiger charge is 2.38. The first kappa shape index (κ1) is 13.5. The lowest BCUT2D eigenvalue weighted by atomic mass is 9.91. The third kappa shape index (κ3) is 2.61. The molecule has 2 amide bonds. The Bertz CT molecular complexity index is 520. The van der Waals surface area contributed by atoms with Crippen molar-refractivity contribution in [2.45, 2.75) is 38.4 Å². The summed E-state index contributed by atoms with van der Waals surface area (Å²) in [6.07, 6.45) is 0.452. The van der Waals surface area contributed by atoms with E-state index in [0.717, 1.165) is 11.1 Å². The molecule has 0 aromatic heterocycles. The Morgan fingerprint density at radius 1 is 1.26 bits per heavy atom. The summed E-state index contributed by atoms with van der Waals surface area (Å²) < 4.78 is 0. The molecule has 5 heteroatoms. The SMILES string of the molecule is CC(C)(N)C(=O)N1Cc2ccccc2C[C@H]1C(N)=O. The maximum atomic E-state index is 12.3. The molecule has 1 aromatic carbocycles. The van der Waals surface area contributed by atoms with Crippen LogP contribution in [0.3, 0.4) is 0 Å². The van der Waals surface area contributed by atoms with Crippen LogP contribution in [0.2, 0.25) is 0 Å². The lowest BCUT2D eigenvalue weighted by Gasteiger charge is -2.38. The number of rotatable bonds is 2. The fourth-order valence-electron chi connectivity index (χ4n) is 2.36. The molecule has 0 saturated heterocycles. The molecule has 0 aliphatic carbocycles. The van der Waals surface area contributed by atoms with Crippen LogP contribution in [0.5, 0.6) is 0 Å². The largest absolute Gasteiger partial charge is 0.368 e. The number of carbonyl (C=O) groups excluding carboxylic acids is 2. The van der Waals surface area contributed by atoms with Crippen molar-refractivity contribution in [3.63, 3.8) is 0 Å². The molecule has 1 aromatic rings. The van der Waals surface area contributed by atoms with Gasteiger partial charge in [-0.25, -0.2) is 0 Å². The second kappa shape index (κ2) is 4.66. The monoisotopic (exact) mass is 261 g/mol. The Hall–Kier alpha value is -1.88. The number of hydrogen-bond acceptors (Lipinski definition) is 3. The van der Waals surface area contributed by atoms with Gasteiger partial charge in [-0.2, -0.15) is 0 Å². The van der Waals surface area contributed by atoms with E-state index in [-0.39, 0.29) is 5.91 Å². The number of hydrogen-bond donors (Lipinski definition) is 2. The summed E-state index contributed by atoms with van der Waals surface area (Å²) >= 11 is 0. The normalized spacial score (nSPS) is 18.9. The third-order valence-electron chi connectivity index (χ3n) is 3.39. The van der Waals surface area contributed by atoms with Crippen LogP contribution in [0.15, 0.2) is 24.3 Å². The summed E-state index contributed by atoms with van der Waals surface area (Å²) in [4.78, 5) is 25.4. The maximum Gasteiger partial charge on any atom is 0.243 e. The number of primary amides is 1. The quantitative estimate of drug-likeness (QED) is 0.794. The average molecular weight is 261 g/mol. The summed E-state index contributed by atoms with van der Waals surface area (Å²) in [5.74, 6) is -0.752. The van der Waals surface area contributed by atoms with E-state index >= 15 is 0 Å². The zero-order valence-electron chi connectivity index (χ0n) is 11.2. The van der Waals surface area contributed by atoms with E-state index in [2.05, 4.69) is 0 Å². The Balaban J connectivity index is 2.37. The standard InChI is InChI=1S/C14H19N3O2/c1-14(2,16)13(19)17-8-10-6-4-3-5-9(10)7-11(17)12(15)18/h3-6,11H,7-8,16H2,1-2H3,(H2,15,18)/t11-/m0/s1. The summed E-state index contributed by atoms with van der Waals surface area (Å²) in [6.45, 7) is 3.64. The molecule has 0 saturated carbocycles. The van der Waals surface area contributed by atoms with E-state index in [1.807, 2.05) is 24.3 Å². The van der Waals surface area contributed by atoms with Gasteiger partial charge in [-0.1, -0.05) is 24.3 Å².